The first-order chi connectivity index (χ1) is 9.29. The van der Waals surface area contributed by atoms with Crippen LogP contribution in [-0.4, -0.2) is 6.04 Å². The van der Waals surface area contributed by atoms with Gasteiger partial charge in [0.2, 0.25) is 0 Å². The average molecular weight is 257 g/mol. The Balaban J connectivity index is 1.84. The molecule has 2 atom stereocenters. The van der Waals surface area contributed by atoms with Gasteiger partial charge in [0.15, 0.2) is 0 Å². The van der Waals surface area contributed by atoms with E-state index in [-0.39, 0.29) is 0 Å². The maximum absolute atomic E-state index is 5.37. The van der Waals surface area contributed by atoms with Crippen molar-refractivity contribution in [1.29, 1.82) is 0 Å². The third-order valence-corrected chi connectivity index (χ3v) is 3.50. The molecule has 0 saturated heterocycles. The molecule has 2 nitrogen and oxygen atoms in total. The Bertz CT molecular complexity index is 449. The van der Waals surface area contributed by atoms with Crippen LogP contribution in [0.4, 0.5) is 0 Å². The number of nitrogens with one attached hydrogen (secondary N) is 1. The highest BCUT2D eigenvalue weighted by Crippen LogP contribution is 2.17. The van der Waals surface area contributed by atoms with Crippen molar-refractivity contribution in [3.05, 3.63) is 60.1 Å². The van der Waals surface area contributed by atoms with E-state index in [0.717, 1.165) is 25.0 Å². The van der Waals surface area contributed by atoms with Gasteiger partial charge in [0, 0.05) is 18.5 Å². The van der Waals surface area contributed by atoms with Crippen LogP contribution in [0, 0.1) is 0 Å². The van der Waals surface area contributed by atoms with E-state index in [4.69, 9.17) is 4.42 Å². The van der Waals surface area contributed by atoms with Crippen LogP contribution in [0.5, 0.6) is 0 Å². The van der Waals surface area contributed by atoms with E-state index in [0.29, 0.717) is 12.1 Å². The molecule has 0 amide bonds. The lowest BCUT2D eigenvalue weighted by molar-refractivity contribution is 0.411. The lowest BCUT2D eigenvalue weighted by Crippen LogP contribution is -2.30. The van der Waals surface area contributed by atoms with Crippen LogP contribution in [0.2, 0.25) is 0 Å². The van der Waals surface area contributed by atoms with Crippen molar-refractivity contribution in [1.82, 2.24) is 5.32 Å². The highest BCUT2D eigenvalue weighted by atomic mass is 16.3. The summed E-state index contributed by atoms with van der Waals surface area (Å²) in [6.07, 6.45) is 4.94. The van der Waals surface area contributed by atoms with Crippen molar-refractivity contribution in [3.63, 3.8) is 0 Å². The van der Waals surface area contributed by atoms with Crippen molar-refractivity contribution in [2.75, 3.05) is 0 Å². The van der Waals surface area contributed by atoms with E-state index in [2.05, 4.69) is 49.5 Å². The summed E-state index contributed by atoms with van der Waals surface area (Å²) in [7, 11) is 0. The second kappa shape index (κ2) is 7.15. The van der Waals surface area contributed by atoms with Gasteiger partial charge in [-0.15, -0.1) is 0 Å². The molecule has 102 valence electrons. The molecule has 0 aliphatic rings. The number of hydrogen-bond acceptors (Lipinski definition) is 2. The van der Waals surface area contributed by atoms with Crippen molar-refractivity contribution in [2.24, 2.45) is 0 Å². The second-order valence-electron chi connectivity index (χ2n) is 5.06. The lowest BCUT2D eigenvalue weighted by atomic mass is 10.0. The summed E-state index contributed by atoms with van der Waals surface area (Å²) in [6.45, 7) is 4.47. The van der Waals surface area contributed by atoms with Crippen LogP contribution < -0.4 is 5.32 Å². The third kappa shape index (κ3) is 4.25. The number of benzene rings is 1. The van der Waals surface area contributed by atoms with Crippen molar-refractivity contribution in [2.45, 2.75) is 45.2 Å². The molecule has 0 spiro atoms. The Kier molecular flexibility index (Phi) is 5.22. The van der Waals surface area contributed by atoms with Crippen LogP contribution >= 0.6 is 0 Å². The van der Waals surface area contributed by atoms with E-state index in [1.54, 1.807) is 6.26 Å². The maximum atomic E-state index is 5.37. The van der Waals surface area contributed by atoms with Gasteiger partial charge < -0.3 is 9.73 Å². The van der Waals surface area contributed by atoms with E-state index >= 15 is 0 Å². The van der Waals surface area contributed by atoms with Gasteiger partial charge in [-0.25, -0.2) is 0 Å². The smallest absolute Gasteiger partial charge is 0.103 e. The molecule has 1 aromatic heterocycles. The maximum Gasteiger partial charge on any atom is 0.103 e. The molecule has 0 saturated carbocycles. The Labute approximate surface area is 115 Å². The molecule has 0 fully saturated rings. The van der Waals surface area contributed by atoms with Crippen molar-refractivity contribution >= 4 is 0 Å². The molecule has 0 aliphatic heterocycles. The molecule has 19 heavy (non-hydrogen) atoms. The van der Waals surface area contributed by atoms with E-state index in [1.807, 2.05) is 12.1 Å². The largest absolute Gasteiger partial charge is 0.469 e. The van der Waals surface area contributed by atoms with Crippen LogP contribution in [-0.2, 0) is 6.42 Å². The van der Waals surface area contributed by atoms with Crippen molar-refractivity contribution in [3.8, 4) is 0 Å². The summed E-state index contributed by atoms with van der Waals surface area (Å²) in [5, 5.41) is 3.70. The Morgan fingerprint density at radius 2 is 1.89 bits per heavy atom. The molecule has 2 heteroatoms. The number of furan rings is 1. The molecular weight excluding hydrogens is 234 g/mol. The summed E-state index contributed by atoms with van der Waals surface area (Å²) in [4.78, 5) is 0. The fraction of sp³-hybridized carbons (Fsp3) is 0.412. The average Bonchev–Trinajstić information content (AvgIpc) is 2.97. The molecule has 1 N–H and O–H groups in total. The van der Waals surface area contributed by atoms with Gasteiger partial charge in [-0.05, 0) is 37.5 Å². The van der Waals surface area contributed by atoms with Crippen LogP contribution in [0.15, 0.2) is 53.1 Å². The fourth-order valence-corrected chi connectivity index (χ4v) is 2.38. The number of hydrogen-bond donors (Lipinski definition) is 1. The van der Waals surface area contributed by atoms with Crippen LogP contribution in [0.1, 0.15) is 44.1 Å². The monoisotopic (exact) mass is 257 g/mol. The van der Waals surface area contributed by atoms with Gasteiger partial charge in [0.05, 0.1) is 6.26 Å². The van der Waals surface area contributed by atoms with Gasteiger partial charge in [0.1, 0.15) is 5.76 Å². The van der Waals surface area contributed by atoms with E-state index in [9.17, 15) is 0 Å². The van der Waals surface area contributed by atoms with Gasteiger partial charge in [-0.1, -0.05) is 37.3 Å². The number of rotatable bonds is 7. The van der Waals surface area contributed by atoms with Gasteiger partial charge >= 0.3 is 0 Å². The molecule has 1 heterocycles. The first-order valence-corrected chi connectivity index (χ1v) is 7.13. The fourth-order valence-electron chi connectivity index (χ4n) is 2.38. The van der Waals surface area contributed by atoms with Crippen LogP contribution in [0.25, 0.3) is 0 Å². The molecule has 0 aliphatic carbocycles. The Morgan fingerprint density at radius 1 is 1.11 bits per heavy atom. The first kappa shape index (κ1) is 13.9. The predicted molar refractivity (Wildman–Crippen MR) is 79.1 cm³/mol. The molecule has 0 radical (unpaired) electrons. The lowest BCUT2D eigenvalue weighted by Gasteiger charge is -2.22. The second-order valence-corrected chi connectivity index (χ2v) is 5.06. The molecule has 0 bridgehead atoms. The zero-order valence-corrected chi connectivity index (χ0v) is 11.8. The third-order valence-electron chi connectivity index (χ3n) is 3.50. The SMILES string of the molecule is CCC(NC(C)CCc1ccco1)c1ccccc1. The van der Waals surface area contributed by atoms with Gasteiger partial charge in [-0.3, -0.25) is 0 Å². The van der Waals surface area contributed by atoms with Gasteiger partial charge in [-0.2, -0.15) is 0 Å². The Hall–Kier alpha value is -1.54. The standard InChI is InChI=1S/C17H23NO/c1-3-17(15-8-5-4-6-9-15)18-14(2)11-12-16-10-7-13-19-16/h4-10,13-14,17-18H,3,11-12H2,1-2H3. The molecule has 1 aromatic carbocycles. The molecular formula is C17H23NO. The van der Waals surface area contributed by atoms with Crippen LogP contribution in [0.3, 0.4) is 0 Å². The van der Waals surface area contributed by atoms with Gasteiger partial charge in [0.25, 0.3) is 0 Å². The minimum atomic E-state index is 0.438. The minimum absolute atomic E-state index is 0.438. The highest BCUT2D eigenvalue weighted by Gasteiger charge is 2.12. The zero-order valence-electron chi connectivity index (χ0n) is 11.8. The molecule has 2 rings (SSSR count). The topological polar surface area (TPSA) is 25.2 Å². The number of aryl methyl sites for hydroxylation is 1. The van der Waals surface area contributed by atoms with Crippen molar-refractivity contribution < 1.29 is 4.42 Å². The molecule has 2 unspecified atom stereocenters. The van der Waals surface area contributed by atoms with E-state index < -0.39 is 0 Å². The summed E-state index contributed by atoms with van der Waals surface area (Å²) in [5.41, 5.74) is 1.37. The molecule has 2 aromatic rings. The Morgan fingerprint density at radius 3 is 2.53 bits per heavy atom. The summed E-state index contributed by atoms with van der Waals surface area (Å²) < 4.78 is 5.37. The minimum Gasteiger partial charge on any atom is -0.469 e. The van der Waals surface area contributed by atoms with E-state index in [1.165, 1.54) is 5.56 Å². The normalized spacial score (nSPS) is 14.2. The predicted octanol–water partition coefficient (Wildman–Crippen LogP) is 4.34. The zero-order chi connectivity index (χ0) is 13.5. The highest BCUT2D eigenvalue weighted by molar-refractivity contribution is 5.18. The summed E-state index contributed by atoms with van der Waals surface area (Å²) >= 11 is 0. The summed E-state index contributed by atoms with van der Waals surface area (Å²) in [5.74, 6) is 1.07. The quantitative estimate of drug-likeness (QED) is 0.798. The summed E-state index contributed by atoms with van der Waals surface area (Å²) in [6, 6.07) is 15.6. The first-order valence-electron chi connectivity index (χ1n) is 7.13.